The number of rotatable bonds is 8. The predicted molar refractivity (Wildman–Crippen MR) is 78.9 cm³/mol. The quantitative estimate of drug-likeness (QED) is 0.491. The second kappa shape index (κ2) is 9.14. The van der Waals surface area contributed by atoms with Crippen LogP contribution in [0.5, 0.6) is 0 Å². The van der Waals surface area contributed by atoms with Gasteiger partial charge in [-0.2, -0.15) is 0 Å². The molecule has 1 atom stereocenters. The number of nitrogens with two attached hydrogens (primary N) is 1. The second-order valence-corrected chi connectivity index (χ2v) is 5.21. The summed E-state index contributed by atoms with van der Waals surface area (Å²) in [6.45, 7) is 2.21. The number of amides is 2. The molecule has 0 aliphatic carbocycles. The Morgan fingerprint density at radius 1 is 1.09 bits per heavy atom. The van der Waals surface area contributed by atoms with Gasteiger partial charge in [0.05, 0.1) is 0 Å². The van der Waals surface area contributed by atoms with Crippen molar-refractivity contribution in [2.24, 2.45) is 5.73 Å². The van der Waals surface area contributed by atoms with Gasteiger partial charge in [0, 0.05) is 38.5 Å². The van der Waals surface area contributed by atoms with Gasteiger partial charge in [-0.1, -0.05) is 0 Å². The third-order valence-corrected chi connectivity index (χ3v) is 3.07. The number of carbonyl (C=O) groups excluding carboxylic acids is 2. The molecule has 128 valence electrons. The molecule has 1 aromatic rings. The molecule has 23 heavy (non-hydrogen) atoms. The van der Waals surface area contributed by atoms with Crippen molar-refractivity contribution < 1.29 is 22.8 Å². The van der Waals surface area contributed by atoms with Crippen molar-refractivity contribution in [1.82, 2.24) is 10.6 Å². The van der Waals surface area contributed by atoms with Crippen molar-refractivity contribution in [2.45, 2.75) is 32.2 Å². The van der Waals surface area contributed by atoms with Crippen LogP contribution >= 0.6 is 0 Å². The fourth-order valence-corrected chi connectivity index (χ4v) is 1.97. The van der Waals surface area contributed by atoms with Gasteiger partial charge in [0.25, 0.3) is 0 Å². The van der Waals surface area contributed by atoms with Crippen molar-refractivity contribution in [1.29, 1.82) is 0 Å². The van der Waals surface area contributed by atoms with Crippen LogP contribution in [0.2, 0.25) is 0 Å². The van der Waals surface area contributed by atoms with E-state index in [9.17, 15) is 22.8 Å². The maximum Gasteiger partial charge on any atom is 0.221 e. The lowest BCUT2D eigenvalue weighted by atomic mass is 10.0. The van der Waals surface area contributed by atoms with E-state index in [0.29, 0.717) is 25.6 Å². The summed E-state index contributed by atoms with van der Waals surface area (Å²) in [5, 5.41) is 5.20. The smallest absolute Gasteiger partial charge is 0.221 e. The van der Waals surface area contributed by atoms with Crippen molar-refractivity contribution in [3.05, 3.63) is 35.1 Å². The molecular weight excluding hydrogens is 311 g/mol. The van der Waals surface area contributed by atoms with E-state index in [1.807, 2.05) is 0 Å². The highest BCUT2D eigenvalue weighted by Gasteiger charge is 2.15. The summed E-state index contributed by atoms with van der Waals surface area (Å²) in [6.07, 6.45) is 0.416. The van der Waals surface area contributed by atoms with Crippen LogP contribution in [0.15, 0.2) is 12.1 Å². The van der Waals surface area contributed by atoms with E-state index in [2.05, 4.69) is 10.6 Å². The molecule has 0 saturated heterocycles. The van der Waals surface area contributed by atoms with Gasteiger partial charge in [-0.15, -0.1) is 0 Å². The number of halogens is 3. The van der Waals surface area contributed by atoms with E-state index in [-0.39, 0.29) is 30.2 Å². The Morgan fingerprint density at radius 3 is 2.35 bits per heavy atom. The van der Waals surface area contributed by atoms with Crippen molar-refractivity contribution >= 4 is 11.8 Å². The first kappa shape index (κ1) is 19.0. The zero-order valence-electron chi connectivity index (χ0n) is 12.8. The first-order valence-electron chi connectivity index (χ1n) is 7.19. The van der Waals surface area contributed by atoms with Crippen LogP contribution in [0.4, 0.5) is 13.2 Å². The van der Waals surface area contributed by atoms with Crippen LogP contribution in [0.1, 0.15) is 25.3 Å². The Bertz CT molecular complexity index is 567. The lowest BCUT2D eigenvalue weighted by Gasteiger charge is -2.13. The predicted octanol–water partition coefficient (Wildman–Crippen LogP) is 1.01. The summed E-state index contributed by atoms with van der Waals surface area (Å²) in [4.78, 5) is 22.3. The van der Waals surface area contributed by atoms with Crippen molar-refractivity contribution in [3.63, 3.8) is 0 Å². The molecule has 1 unspecified atom stereocenters. The molecule has 2 amide bonds. The Morgan fingerprint density at radius 2 is 1.70 bits per heavy atom. The van der Waals surface area contributed by atoms with Gasteiger partial charge in [0.1, 0.15) is 5.82 Å². The van der Waals surface area contributed by atoms with E-state index >= 15 is 0 Å². The Hall–Kier alpha value is -2.09. The second-order valence-electron chi connectivity index (χ2n) is 5.21. The highest BCUT2D eigenvalue weighted by molar-refractivity contribution is 5.76. The average Bonchev–Trinajstić information content (AvgIpc) is 2.43. The minimum absolute atomic E-state index is 0.0709. The molecule has 0 saturated carbocycles. The van der Waals surface area contributed by atoms with Gasteiger partial charge in [0.2, 0.25) is 11.8 Å². The molecule has 0 aromatic heterocycles. The Labute approximate surface area is 132 Å². The average molecular weight is 331 g/mol. The summed E-state index contributed by atoms with van der Waals surface area (Å²) < 4.78 is 39.4. The van der Waals surface area contributed by atoms with Gasteiger partial charge in [0.15, 0.2) is 11.6 Å². The number of nitrogens with one attached hydrogen (secondary N) is 2. The van der Waals surface area contributed by atoms with Gasteiger partial charge < -0.3 is 16.4 Å². The number of benzene rings is 1. The molecule has 0 bridgehead atoms. The van der Waals surface area contributed by atoms with E-state index in [0.717, 1.165) is 6.07 Å². The van der Waals surface area contributed by atoms with E-state index < -0.39 is 23.5 Å². The zero-order valence-corrected chi connectivity index (χ0v) is 12.8. The van der Waals surface area contributed by atoms with Gasteiger partial charge in [-0.25, -0.2) is 13.2 Å². The summed E-state index contributed by atoms with van der Waals surface area (Å²) in [7, 11) is 0. The molecular formula is C15H20F3N3O2. The molecule has 0 spiro atoms. The molecule has 1 aromatic carbocycles. The van der Waals surface area contributed by atoms with Gasteiger partial charge in [-0.3, -0.25) is 9.59 Å². The minimum Gasteiger partial charge on any atom is -0.356 e. The minimum atomic E-state index is -1.27. The molecule has 0 heterocycles. The molecule has 1 rings (SSSR count). The molecule has 4 N–H and O–H groups in total. The normalized spacial score (nSPS) is 11.9. The SMILES string of the molecule is CC(=O)NCCCNC(=O)CC(N)Cc1cc(F)c(F)cc1F. The fraction of sp³-hybridized carbons (Fsp3) is 0.467. The maximum absolute atomic E-state index is 13.5. The number of carbonyl (C=O) groups is 2. The number of hydrogen-bond acceptors (Lipinski definition) is 3. The van der Waals surface area contributed by atoms with Crippen LogP contribution < -0.4 is 16.4 Å². The third kappa shape index (κ3) is 7.14. The lowest BCUT2D eigenvalue weighted by Crippen LogP contribution is -2.34. The van der Waals surface area contributed by atoms with E-state index in [1.165, 1.54) is 6.92 Å². The standard InChI is InChI=1S/C15H20F3N3O2/c1-9(22)20-3-2-4-21-15(23)7-11(19)5-10-6-13(17)14(18)8-12(10)16/h6,8,11H,2-5,7,19H2,1H3,(H,20,22)(H,21,23). The first-order valence-corrected chi connectivity index (χ1v) is 7.19. The van der Waals surface area contributed by atoms with E-state index in [1.54, 1.807) is 0 Å². The largest absolute Gasteiger partial charge is 0.356 e. The van der Waals surface area contributed by atoms with Crippen molar-refractivity contribution in [2.75, 3.05) is 13.1 Å². The molecule has 0 fully saturated rings. The van der Waals surface area contributed by atoms with Crippen LogP contribution in [0, 0.1) is 17.5 Å². The Kier molecular flexibility index (Phi) is 7.53. The summed E-state index contributed by atoms with van der Waals surface area (Å²) in [5.74, 6) is -3.79. The van der Waals surface area contributed by atoms with Crippen LogP contribution in [-0.4, -0.2) is 30.9 Å². The highest BCUT2D eigenvalue weighted by atomic mass is 19.2. The summed E-state index contributed by atoms with van der Waals surface area (Å²) in [5.41, 5.74) is 5.66. The summed E-state index contributed by atoms with van der Waals surface area (Å²) in [6, 6.07) is 0.486. The van der Waals surface area contributed by atoms with E-state index in [4.69, 9.17) is 5.73 Å². The van der Waals surface area contributed by atoms with Gasteiger partial charge >= 0.3 is 0 Å². The topological polar surface area (TPSA) is 84.2 Å². The molecule has 0 aliphatic heterocycles. The monoisotopic (exact) mass is 331 g/mol. The summed E-state index contributed by atoms with van der Waals surface area (Å²) >= 11 is 0. The zero-order chi connectivity index (χ0) is 17.4. The highest BCUT2D eigenvalue weighted by Crippen LogP contribution is 2.15. The van der Waals surface area contributed by atoms with Crippen molar-refractivity contribution in [3.8, 4) is 0 Å². The third-order valence-electron chi connectivity index (χ3n) is 3.07. The molecule has 5 nitrogen and oxygen atoms in total. The van der Waals surface area contributed by atoms with Crippen LogP contribution in [-0.2, 0) is 16.0 Å². The first-order chi connectivity index (χ1) is 10.8. The molecule has 8 heteroatoms. The number of hydrogen-bond donors (Lipinski definition) is 3. The molecule has 0 aliphatic rings. The van der Waals surface area contributed by atoms with Crippen LogP contribution in [0.25, 0.3) is 0 Å². The fourth-order valence-electron chi connectivity index (χ4n) is 1.97. The van der Waals surface area contributed by atoms with Gasteiger partial charge in [-0.05, 0) is 24.5 Å². The molecule has 0 radical (unpaired) electrons. The lowest BCUT2D eigenvalue weighted by molar-refractivity contribution is -0.121. The van der Waals surface area contributed by atoms with Crippen LogP contribution in [0.3, 0.4) is 0 Å². The maximum atomic E-state index is 13.5. The Balaban J connectivity index is 2.35.